The van der Waals surface area contributed by atoms with Crippen molar-refractivity contribution in [2.45, 2.75) is 53.0 Å². The maximum atomic E-state index is 3.80. The summed E-state index contributed by atoms with van der Waals surface area (Å²) in [6.07, 6.45) is 4.04. The first-order valence-corrected chi connectivity index (χ1v) is 7.80. The molecule has 0 radical (unpaired) electrons. The van der Waals surface area contributed by atoms with E-state index in [9.17, 15) is 0 Å². The van der Waals surface area contributed by atoms with E-state index < -0.39 is 0 Å². The van der Waals surface area contributed by atoms with E-state index in [2.05, 4.69) is 61.1 Å². The fraction of sp³-hybridized carbons (Fsp3) is 0.625. The SMILES string of the molecule is Cc1cc(Br)cc(C)c1NC1CC(C)CCC1C. The molecule has 2 rings (SSSR count). The van der Waals surface area contributed by atoms with Crippen LogP contribution in [0.15, 0.2) is 16.6 Å². The zero-order valence-electron chi connectivity index (χ0n) is 11.9. The van der Waals surface area contributed by atoms with Crippen molar-refractivity contribution in [3.8, 4) is 0 Å². The van der Waals surface area contributed by atoms with Crippen LogP contribution in [0, 0.1) is 25.7 Å². The van der Waals surface area contributed by atoms with E-state index in [1.165, 1.54) is 40.5 Å². The highest BCUT2D eigenvalue weighted by atomic mass is 79.9. The van der Waals surface area contributed by atoms with Crippen LogP contribution in [0.5, 0.6) is 0 Å². The van der Waals surface area contributed by atoms with Gasteiger partial charge in [-0.05, 0) is 61.8 Å². The number of halogens is 1. The number of rotatable bonds is 2. The summed E-state index contributed by atoms with van der Waals surface area (Å²) in [4.78, 5) is 0. The van der Waals surface area contributed by atoms with E-state index >= 15 is 0 Å². The highest BCUT2D eigenvalue weighted by Crippen LogP contribution is 2.33. The molecule has 1 aliphatic rings. The molecule has 2 heteroatoms. The number of hydrogen-bond acceptors (Lipinski definition) is 1. The molecule has 1 aromatic carbocycles. The van der Waals surface area contributed by atoms with Crippen LogP contribution in [0.25, 0.3) is 0 Å². The Bertz CT molecular complexity index is 404. The van der Waals surface area contributed by atoms with Gasteiger partial charge in [0, 0.05) is 16.2 Å². The molecule has 0 saturated heterocycles. The van der Waals surface area contributed by atoms with Gasteiger partial charge in [0.15, 0.2) is 0 Å². The Morgan fingerprint density at radius 2 is 1.72 bits per heavy atom. The third-order valence-electron chi connectivity index (χ3n) is 4.29. The Morgan fingerprint density at radius 3 is 2.33 bits per heavy atom. The molecule has 0 spiro atoms. The van der Waals surface area contributed by atoms with Gasteiger partial charge < -0.3 is 5.32 Å². The Kier molecular flexibility index (Phi) is 4.37. The number of benzene rings is 1. The molecular formula is C16H24BrN. The second-order valence-electron chi connectivity index (χ2n) is 6.06. The first kappa shape index (κ1) is 13.9. The van der Waals surface area contributed by atoms with Gasteiger partial charge in [-0.2, -0.15) is 0 Å². The average Bonchev–Trinajstić information content (AvgIpc) is 2.28. The molecule has 1 saturated carbocycles. The minimum Gasteiger partial charge on any atom is -0.382 e. The highest BCUT2D eigenvalue weighted by molar-refractivity contribution is 9.10. The van der Waals surface area contributed by atoms with Gasteiger partial charge in [-0.3, -0.25) is 0 Å². The second-order valence-corrected chi connectivity index (χ2v) is 6.98. The largest absolute Gasteiger partial charge is 0.382 e. The molecule has 0 amide bonds. The molecular weight excluding hydrogens is 286 g/mol. The summed E-state index contributed by atoms with van der Waals surface area (Å²) < 4.78 is 1.17. The Balaban J connectivity index is 2.18. The average molecular weight is 310 g/mol. The maximum Gasteiger partial charge on any atom is 0.0402 e. The van der Waals surface area contributed by atoms with E-state index in [-0.39, 0.29) is 0 Å². The lowest BCUT2D eigenvalue weighted by molar-refractivity contribution is 0.280. The van der Waals surface area contributed by atoms with E-state index in [0.717, 1.165) is 11.8 Å². The van der Waals surface area contributed by atoms with Crippen LogP contribution in [-0.4, -0.2) is 6.04 Å². The van der Waals surface area contributed by atoms with E-state index in [4.69, 9.17) is 0 Å². The van der Waals surface area contributed by atoms with E-state index in [0.29, 0.717) is 6.04 Å². The summed E-state index contributed by atoms with van der Waals surface area (Å²) in [5.41, 5.74) is 4.02. The number of aryl methyl sites for hydroxylation is 2. The lowest BCUT2D eigenvalue weighted by atomic mass is 9.80. The molecule has 0 aromatic heterocycles. The third-order valence-corrected chi connectivity index (χ3v) is 4.74. The van der Waals surface area contributed by atoms with Crippen molar-refractivity contribution in [2.75, 3.05) is 5.32 Å². The fourth-order valence-electron chi connectivity index (χ4n) is 3.06. The molecule has 1 fully saturated rings. The van der Waals surface area contributed by atoms with Crippen LogP contribution in [-0.2, 0) is 0 Å². The fourth-order valence-corrected chi connectivity index (χ4v) is 3.74. The van der Waals surface area contributed by atoms with Gasteiger partial charge in [-0.25, -0.2) is 0 Å². The van der Waals surface area contributed by atoms with Gasteiger partial charge in [0.1, 0.15) is 0 Å². The molecule has 3 atom stereocenters. The summed E-state index contributed by atoms with van der Waals surface area (Å²) in [6.45, 7) is 9.14. The van der Waals surface area contributed by atoms with Crippen molar-refractivity contribution >= 4 is 21.6 Å². The van der Waals surface area contributed by atoms with Gasteiger partial charge >= 0.3 is 0 Å². The third kappa shape index (κ3) is 3.09. The van der Waals surface area contributed by atoms with Crippen molar-refractivity contribution in [2.24, 2.45) is 11.8 Å². The summed E-state index contributed by atoms with van der Waals surface area (Å²) >= 11 is 3.57. The quantitative estimate of drug-likeness (QED) is 0.781. The molecule has 1 aliphatic carbocycles. The van der Waals surface area contributed by atoms with Crippen molar-refractivity contribution in [3.63, 3.8) is 0 Å². The molecule has 0 bridgehead atoms. The van der Waals surface area contributed by atoms with Crippen LogP contribution in [0.1, 0.15) is 44.2 Å². The van der Waals surface area contributed by atoms with Crippen LogP contribution in [0.4, 0.5) is 5.69 Å². The maximum absolute atomic E-state index is 3.80. The summed E-state index contributed by atoms with van der Waals surface area (Å²) in [5.74, 6) is 1.64. The van der Waals surface area contributed by atoms with E-state index in [1.807, 2.05) is 0 Å². The molecule has 3 unspecified atom stereocenters. The monoisotopic (exact) mass is 309 g/mol. The Morgan fingerprint density at radius 1 is 1.11 bits per heavy atom. The molecule has 100 valence electrons. The van der Waals surface area contributed by atoms with Crippen LogP contribution < -0.4 is 5.32 Å². The van der Waals surface area contributed by atoms with Crippen molar-refractivity contribution < 1.29 is 0 Å². The molecule has 1 N–H and O–H groups in total. The molecule has 0 aliphatic heterocycles. The van der Waals surface area contributed by atoms with E-state index in [1.54, 1.807) is 0 Å². The zero-order valence-corrected chi connectivity index (χ0v) is 13.5. The predicted molar refractivity (Wildman–Crippen MR) is 83.2 cm³/mol. The smallest absolute Gasteiger partial charge is 0.0402 e. The zero-order chi connectivity index (χ0) is 13.3. The van der Waals surface area contributed by atoms with Gasteiger partial charge in [-0.1, -0.05) is 36.2 Å². The number of anilines is 1. The normalized spacial score (nSPS) is 28.2. The lowest BCUT2D eigenvalue weighted by Gasteiger charge is -2.35. The molecule has 1 aromatic rings. The predicted octanol–water partition coefficient (Wildman–Crippen LogP) is 5.30. The van der Waals surface area contributed by atoms with Gasteiger partial charge in [0.2, 0.25) is 0 Å². The first-order chi connectivity index (χ1) is 8.47. The Hall–Kier alpha value is -0.500. The van der Waals surface area contributed by atoms with Gasteiger partial charge in [0.25, 0.3) is 0 Å². The van der Waals surface area contributed by atoms with Crippen LogP contribution in [0.3, 0.4) is 0 Å². The van der Waals surface area contributed by atoms with Gasteiger partial charge in [0.05, 0.1) is 0 Å². The minimum absolute atomic E-state index is 0.632. The van der Waals surface area contributed by atoms with Crippen LogP contribution in [0.2, 0.25) is 0 Å². The first-order valence-electron chi connectivity index (χ1n) is 7.00. The minimum atomic E-state index is 0.632. The molecule has 0 heterocycles. The number of hydrogen-bond donors (Lipinski definition) is 1. The highest BCUT2D eigenvalue weighted by Gasteiger charge is 2.25. The van der Waals surface area contributed by atoms with Crippen molar-refractivity contribution in [1.29, 1.82) is 0 Å². The van der Waals surface area contributed by atoms with Gasteiger partial charge in [-0.15, -0.1) is 0 Å². The van der Waals surface area contributed by atoms with Crippen LogP contribution >= 0.6 is 15.9 Å². The standard InChI is InChI=1S/C16H24BrN/c1-10-5-6-11(2)15(7-10)18-16-12(3)8-14(17)9-13(16)4/h8-11,15,18H,5-7H2,1-4H3. The summed E-state index contributed by atoms with van der Waals surface area (Å²) in [5, 5.41) is 3.80. The van der Waals surface area contributed by atoms with Crippen molar-refractivity contribution in [1.82, 2.24) is 0 Å². The second kappa shape index (κ2) is 5.64. The lowest BCUT2D eigenvalue weighted by Crippen LogP contribution is -2.33. The summed E-state index contributed by atoms with van der Waals surface area (Å²) in [7, 11) is 0. The summed E-state index contributed by atoms with van der Waals surface area (Å²) in [6, 6.07) is 5.03. The Labute approximate surface area is 119 Å². The number of nitrogens with one attached hydrogen (secondary N) is 1. The molecule has 18 heavy (non-hydrogen) atoms. The molecule has 1 nitrogen and oxygen atoms in total. The topological polar surface area (TPSA) is 12.0 Å². The van der Waals surface area contributed by atoms with Crippen molar-refractivity contribution in [3.05, 3.63) is 27.7 Å².